The van der Waals surface area contributed by atoms with Gasteiger partial charge in [-0.25, -0.2) is 0 Å². The number of benzene rings is 2. The Balaban J connectivity index is 1.54. The maximum absolute atomic E-state index is 12.5. The molecule has 2 aromatic carbocycles. The number of fused-ring (bicyclic) bond motifs is 3. The van der Waals surface area contributed by atoms with Gasteiger partial charge in [0.25, 0.3) is 0 Å². The number of nitrogens with one attached hydrogen (secondary N) is 1. The van der Waals surface area contributed by atoms with Gasteiger partial charge in [-0.1, -0.05) is 50.3 Å². The van der Waals surface area contributed by atoms with Gasteiger partial charge in [-0.3, -0.25) is 4.79 Å². The molecule has 1 fully saturated rings. The molecule has 26 heavy (non-hydrogen) atoms. The average Bonchev–Trinajstić information content (AvgIpc) is 3.04. The highest BCUT2D eigenvalue weighted by Crippen LogP contribution is 2.36. The molecule has 4 nitrogen and oxygen atoms in total. The first-order chi connectivity index (χ1) is 12.7. The standard InChI is InChI=1S/C22H25NO3/c1-25-21-14-20-17(16-9-5-6-10-19(16)26-20)13-18(21)23-22(24)12-11-15-7-3-2-4-8-15/h5-6,9-10,13-15H,2-4,7-8,11-12H2,1H3,(H,23,24). The number of hydrogen-bond donors (Lipinski definition) is 1. The van der Waals surface area contributed by atoms with Gasteiger partial charge < -0.3 is 14.5 Å². The fourth-order valence-electron chi connectivity index (χ4n) is 4.04. The third-order valence-corrected chi connectivity index (χ3v) is 5.48. The van der Waals surface area contributed by atoms with Crippen molar-refractivity contribution in [3.05, 3.63) is 36.4 Å². The van der Waals surface area contributed by atoms with E-state index in [-0.39, 0.29) is 5.91 Å². The molecule has 4 heteroatoms. The molecular weight excluding hydrogens is 326 g/mol. The molecule has 1 amide bonds. The Kier molecular flexibility index (Phi) is 4.83. The highest BCUT2D eigenvalue weighted by atomic mass is 16.5. The van der Waals surface area contributed by atoms with Crippen LogP contribution in [-0.4, -0.2) is 13.0 Å². The molecule has 1 saturated carbocycles. The van der Waals surface area contributed by atoms with Crippen molar-refractivity contribution >= 4 is 33.5 Å². The monoisotopic (exact) mass is 351 g/mol. The lowest BCUT2D eigenvalue weighted by molar-refractivity contribution is -0.116. The summed E-state index contributed by atoms with van der Waals surface area (Å²) in [5, 5.41) is 5.08. The van der Waals surface area contributed by atoms with Crippen LogP contribution in [0.25, 0.3) is 21.9 Å². The van der Waals surface area contributed by atoms with Crippen molar-refractivity contribution in [2.75, 3.05) is 12.4 Å². The minimum atomic E-state index is 0.0565. The first-order valence-electron chi connectivity index (χ1n) is 9.54. The number of para-hydroxylation sites is 1. The third kappa shape index (κ3) is 3.41. The molecule has 3 aromatic rings. The predicted octanol–water partition coefficient (Wildman–Crippen LogP) is 5.89. The molecule has 0 bridgehead atoms. The van der Waals surface area contributed by atoms with E-state index < -0.39 is 0 Å². The SMILES string of the molecule is COc1cc2oc3ccccc3c2cc1NC(=O)CCC1CCCCC1. The largest absolute Gasteiger partial charge is 0.494 e. The highest BCUT2D eigenvalue weighted by Gasteiger charge is 2.17. The van der Waals surface area contributed by atoms with Crippen LogP contribution in [0.15, 0.2) is 40.8 Å². The molecular formula is C22H25NO3. The van der Waals surface area contributed by atoms with E-state index in [9.17, 15) is 4.79 Å². The van der Waals surface area contributed by atoms with Crippen molar-refractivity contribution in [2.24, 2.45) is 5.92 Å². The van der Waals surface area contributed by atoms with Crippen LogP contribution in [0, 0.1) is 5.92 Å². The fourth-order valence-corrected chi connectivity index (χ4v) is 4.04. The van der Waals surface area contributed by atoms with Gasteiger partial charge in [0, 0.05) is 23.3 Å². The third-order valence-electron chi connectivity index (χ3n) is 5.48. The van der Waals surface area contributed by atoms with E-state index in [2.05, 4.69) is 5.32 Å². The van der Waals surface area contributed by atoms with E-state index in [1.807, 2.05) is 36.4 Å². The van der Waals surface area contributed by atoms with Crippen molar-refractivity contribution in [3.63, 3.8) is 0 Å². The number of amides is 1. The second-order valence-corrected chi connectivity index (χ2v) is 7.24. The van der Waals surface area contributed by atoms with Gasteiger partial charge in [0.1, 0.15) is 16.9 Å². The number of methoxy groups -OCH3 is 1. The molecule has 1 N–H and O–H groups in total. The van der Waals surface area contributed by atoms with Crippen LogP contribution < -0.4 is 10.1 Å². The molecule has 1 heterocycles. The Hall–Kier alpha value is -2.49. The molecule has 0 radical (unpaired) electrons. The number of carbonyl (C=O) groups is 1. The van der Waals surface area contributed by atoms with Gasteiger partial charge in [-0.05, 0) is 24.5 Å². The molecule has 0 spiro atoms. The zero-order chi connectivity index (χ0) is 17.9. The van der Waals surface area contributed by atoms with E-state index in [1.54, 1.807) is 7.11 Å². The number of hydrogen-bond acceptors (Lipinski definition) is 3. The Morgan fingerprint density at radius 3 is 2.73 bits per heavy atom. The van der Waals surface area contributed by atoms with Crippen LogP contribution in [0.5, 0.6) is 5.75 Å². The molecule has 136 valence electrons. The van der Waals surface area contributed by atoms with Gasteiger partial charge in [0.05, 0.1) is 12.8 Å². The second-order valence-electron chi connectivity index (χ2n) is 7.24. The van der Waals surface area contributed by atoms with E-state index in [1.165, 1.54) is 32.1 Å². The summed E-state index contributed by atoms with van der Waals surface area (Å²) >= 11 is 0. The van der Waals surface area contributed by atoms with Crippen LogP contribution in [-0.2, 0) is 4.79 Å². The Bertz CT molecular complexity index is 922. The molecule has 1 aliphatic carbocycles. The van der Waals surface area contributed by atoms with Gasteiger partial charge in [0.2, 0.25) is 5.91 Å². The molecule has 4 rings (SSSR count). The molecule has 0 atom stereocenters. The van der Waals surface area contributed by atoms with E-state index in [4.69, 9.17) is 9.15 Å². The zero-order valence-electron chi connectivity index (χ0n) is 15.2. The Morgan fingerprint density at radius 2 is 1.92 bits per heavy atom. The van der Waals surface area contributed by atoms with Crippen LogP contribution in [0.2, 0.25) is 0 Å². The first-order valence-corrected chi connectivity index (χ1v) is 9.54. The number of carbonyl (C=O) groups excluding carboxylic acids is 1. The van der Waals surface area contributed by atoms with E-state index in [0.29, 0.717) is 23.8 Å². The molecule has 1 aromatic heterocycles. The van der Waals surface area contributed by atoms with E-state index in [0.717, 1.165) is 28.4 Å². The predicted molar refractivity (Wildman–Crippen MR) is 105 cm³/mol. The van der Waals surface area contributed by atoms with Gasteiger partial charge >= 0.3 is 0 Å². The number of furan rings is 1. The molecule has 0 unspecified atom stereocenters. The minimum absolute atomic E-state index is 0.0565. The molecule has 0 aliphatic heterocycles. The average molecular weight is 351 g/mol. The molecule has 0 saturated heterocycles. The van der Waals surface area contributed by atoms with Crippen LogP contribution in [0.4, 0.5) is 5.69 Å². The smallest absolute Gasteiger partial charge is 0.224 e. The lowest BCUT2D eigenvalue weighted by Gasteiger charge is -2.21. The first kappa shape index (κ1) is 17.0. The highest BCUT2D eigenvalue weighted by molar-refractivity contribution is 6.08. The fraction of sp³-hybridized carbons (Fsp3) is 0.409. The maximum Gasteiger partial charge on any atom is 0.224 e. The zero-order valence-corrected chi connectivity index (χ0v) is 15.2. The van der Waals surface area contributed by atoms with Gasteiger partial charge in [-0.2, -0.15) is 0 Å². The van der Waals surface area contributed by atoms with Gasteiger partial charge in [0.15, 0.2) is 0 Å². The summed E-state index contributed by atoms with van der Waals surface area (Å²) < 4.78 is 11.4. The maximum atomic E-state index is 12.5. The summed E-state index contributed by atoms with van der Waals surface area (Å²) in [6.07, 6.45) is 8.05. The quantitative estimate of drug-likeness (QED) is 0.623. The van der Waals surface area contributed by atoms with Gasteiger partial charge in [-0.15, -0.1) is 0 Å². The Morgan fingerprint density at radius 1 is 1.12 bits per heavy atom. The number of ether oxygens (including phenoxy) is 1. The normalized spacial score (nSPS) is 15.4. The Labute approximate surface area is 153 Å². The summed E-state index contributed by atoms with van der Waals surface area (Å²) in [6, 6.07) is 11.7. The summed E-state index contributed by atoms with van der Waals surface area (Å²) in [6.45, 7) is 0. The minimum Gasteiger partial charge on any atom is -0.494 e. The van der Waals surface area contributed by atoms with Crippen molar-refractivity contribution in [3.8, 4) is 5.75 Å². The number of rotatable bonds is 5. The number of anilines is 1. The lowest BCUT2D eigenvalue weighted by Crippen LogP contribution is -2.15. The van der Waals surface area contributed by atoms with Crippen molar-refractivity contribution < 1.29 is 13.9 Å². The summed E-state index contributed by atoms with van der Waals surface area (Å²) in [7, 11) is 1.61. The van der Waals surface area contributed by atoms with Crippen LogP contribution >= 0.6 is 0 Å². The summed E-state index contributed by atoms with van der Waals surface area (Å²) in [4.78, 5) is 12.5. The summed E-state index contributed by atoms with van der Waals surface area (Å²) in [5.74, 6) is 1.39. The van der Waals surface area contributed by atoms with Crippen LogP contribution in [0.1, 0.15) is 44.9 Å². The lowest BCUT2D eigenvalue weighted by atomic mass is 9.86. The topological polar surface area (TPSA) is 51.5 Å². The summed E-state index contributed by atoms with van der Waals surface area (Å²) in [5.41, 5.74) is 2.31. The van der Waals surface area contributed by atoms with Crippen molar-refractivity contribution in [2.45, 2.75) is 44.9 Å². The second kappa shape index (κ2) is 7.40. The van der Waals surface area contributed by atoms with Crippen LogP contribution in [0.3, 0.4) is 0 Å². The van der Waals surface area contributed by atoms with Crippen molar-refractivity contribution in [1.82, 2.24) is 0 Å². The van der Waals surface area contributed by atoms with Crippen molar-refractivity contribution in [1.29, 1.82) is 0 Å². The van der Waals surface area contributed by atoms with E-state index >= 15 is 0 Å². The molecule has 1 aliphatic rings.